The number of carbonyl (C=O) groups is 1. The Morgan fingerprint density at radius 2 is 1.15 bits per heavy atom. The van der Waals surface area contributed by atoms with Crippen LogP contribution >= 0.6 is 0 Å². The topological polar surface area (TPSA) is 29.5 Å². The van der Waals surface area contributed by atoms with Crippen LogP contribution in [0.1, 0.15) is 28.7 Å². The molecule has 0 saturated carbocycles. The molecule has 0 aliphatic rings. The summed E-state index contributed by atoms with van der Waals surface area (Å²) in [4.78, 5) is 15.3. The largest absolute Gasteiger partial charge is 0.455 e. The van der Waals surface area contributed by atoms with Crippen LogP contribution in [0.4, 0.5) is 0 Å². The lowest BCUT2D eigenvalue weighted by atomic mass is 9.91. The van der Waals surface area contributed by atoms with E-state index in [4.69, 9.17) is 4.74 Å². The highest BCUT2D eigenvalue weighted by atomic mass is 16.5. The summed E-state index contributed by atoms with van der Waals surface area (Å²) in [5, 5.41) is 0. The third-order valence-electron chi connectivity index (χ3n) is 4.46. The molecule has 0 spiro atoms. The molecule has 3 heteroatoms. The molecule has 0 amide bonds. The van der Waals surface area contributed by atoms with Gasteiger partial charge in [-0.15, -0.1) is 0 Å². The van der Waals surface area contributed by atoms with E-state index in [2.05, 4.69) is 0 Å². The maximum absolute atomic E-state index is 13.3. The quantitative estimate of drug-likeness (QED) is 0.575. The normalized spacial score (nSPS) is 12.1. The Kier molecular flexibility index (Phi) is 6.39. The third kappa shape index (κ3) is 5.05. The minimum Gasteiger partial charge on any atom is -0.455 e. The highest BCUT2D eigenvalue weighted by molar-refractivity contribution is 5.82. The summed E-state index contributed by atoms with van der Waals surface area (Å²) in [6.07, 6.45) is -0.316. The van der Waals surface area contributed by atoms with Gasteiger partial charge in [0.2, 0.25) is 0 Å². The Hall–Kier alpha value is -2.91. The van der Waals surface area contributed by atoms with Crippen molar-refractivity contribution in [2.45, 2.75) is 12.0 Å². The lowest BCUT2D eigenvalue weighted by molar-refractivity contribution is -0.151. The molecule has 0 aromatic heterocycles. The van der Waals surface area contributed by atoms with Crippen molar-refractivity contribution in [2.24, 2.45) is 0 Å². The molecule has 0 aliphatic carbocycles. The van der Waals surface area contributed by atoms with Crippen LogP contribution in [0.2, 0.25) is 0 Å². The summed E-state index contributed by atoms with van der Waals surface area (Å²) in [5.74, 6) is -0.677. The second-order valence-corrected chi connectivity index (χ2v) is 6.85. The molecule has 0 saturated heterocycles. The van der Waals surface area contributed by atoms with E-state index in [0.717, 1.165) is 16.7 Å². The van der Waals surface area contributed by atoms with Gasteiger partial charge in [-0.2, -0.15) is 0 Å². The van der Waals surface area contributed by atoms with E-state index < -0.39 is 5.92 Å². The van der Waals surface area contributed by atoms with Crippen LogP contribution in [0.25, 0.3) is 0 Å². The number of rotatable bonds is 7. The van der Waals surface area contributed by atoms with E-state index in [1.807, 2.05) is 110 Å². The standard InChI is InChI=1S/C24H25NO2/c1-25(2)18-22(19-12-6-3-7-13-19)27-24(26)23(20-14-8-4-9-15-20)21-16-10-5-11-17-21/h3-17,22-23H,18H2,1-2H3/t22-/m1/s1. The fraction of sp³-hybridized carbons (Fsp3) is 0.208. The van der Waals surface area contributed by atoms with E-state index in [1.54, 1.807) is 0 Å². The van der Waals surface area contributed by atoms with E-state index in [-0.39, 0.29) is 12.1 Å². The van der Waals surface area contributed by atoms with Gasteiger partial charge in [0.25, 0.3) is 0 Å². The average Bonchev–Trinajstić information content (AvgIpc) is 2.70. The van der Waals surface area contributed by atoms with Crippen molar-refractivity contribution in [1.29, 1.82) is 0 Å². The van der Waals surface area contributed by atoms with Crippen LogP contribution in [0, 0.1) is 0 Å². The van der Waals surface area contributed by atoms with Crippen molar-refractivity contribution in [3.05, 3.63) is 108 Å². The maximum Gasteiger partial charge on any atom is 0.318 e. The summed E-state index contributed by atoms with van der Waals surface area (Å²) >= 11 is 0. The highest BCUT2D eigenvalue weighted by Gasteiger charge is 2.27. The molecular weight excluding hydrogens is 334 g/mol. The molecule has 0 fully saturated rings. The van der Waals surface area contributed by atoms with Gasteiger partial charge in [-0.1, -0.05) is 91.0 Å². The Morgan fingerprint density at radius 1 is 0.741 bits per heavy atom. The van der Waals surface area contributed by atoms with E-state index >= 15 is 0 Å². The number of hydrogen-bond acceptors (Lipinski definition) is 3. The number of hydrogen-bond donors (Lipinski definition) is 0. The highest BCUT2D eigenvalue weighted by Crippen LogP contribution is 2.29. The van der Waals surface area contributed by atoms with Gasteiger partial charge in [0.1, 0.15) is 12.0 Å². The van der Waals surface area contributed by atoms with Crippen molar-refractivity contribution in [3.63, 3.8) is 0 Å². The fourth-order valence-electron chi connectivity index (χ4n) is 3.17. The van der Waals surface area contributed by atoms with Crippen molar-refractivity contribution in [2.75, 3.05) is 20.6 Å². The molecule has 0 aliphatic heterocycles. The van der Waals surface area contributed by atoms with Gasteiger partial charge >= 0.3 is 5.97 Å². The first-order valence-corrected chi connectivity index (χ1v) is 9.15. The molecule has 0 unspecified atom stereocenters. The van der Waals surface area contributed by atoms with Gasteiger partial charge in [-0.05, 0) is 30.8 Å². The van der Waals surface area contributed by atoms with Crippen molar-refractivity contribution >= 4 is 5.97 Å². The summed E-state index contributed by atoms with van der Waals surface area (Å²) in [5.41, 5.74) is 2.87. The lowest BCUT2D eigenvalue weighted by Crippen LogP contribution is -2.27. The molecule has 3 nitrogen and oxygen atoms in total. The van der Waals surface area contributed by atoms with E-state index in [0.29, 0.717) is 6.54 Å². The molecule has 3 rings (SSSR count). The van der Waals surface area contributed by atoms with Crippen molar-refractivity contribution in [1.82, 2.24) is 4.90 Å². The molecule has 1 atom stereocenters. The first kappa shape index (κ1) is 18.9. The van der Waals surface area contributed by atoms with Crippen LogP contribution in [-0.2, 0) is 9.53 Å². The van der Waals surface area contributed by atoms with Crippen LogP contribution in [0.5, 0.6) is 0 Å². The first-order chi connectivity index (χ1) is 13.1. The molecular formula is C24H25NO2. The molecule has 0 radical (unpaired) electrons. The second-order valence-electron chi connectivity index (χ2n) is 6.85. The minimum atomic E-state index is -0.444. The number of benzene rings is 3. The van der Waals surface area contributed by atoms with Crippen LogP contribution in [0.3, 0.4) is 0 Å². The lowest BCUT2D eigenvalue weighted by Gasteiger charge is -2.25. The molecule has 138 valence electrons. The van der Waals surface area contributed by atoms with Crippen LogP contribution in [0.15, 0.2) is 91.0 Å². The zero-order valence-electron chi connectivity index (χ0n) is 15.8. The van der Waals surface area contributed by atoms with E-state index in [9.17, 15) is 4.79 Å². The molecule has 3 aromatic carbocycles. The zero-order valence-corrected chi connectivity index (χ0v) is 15.8. The fourth-order valence-corrected chi connectivity index (χ4v) is 3.17. The predicted octanol–water partition coefficient (Wildman–Crippen LogP) is 4.66. The summed E-state index contributed by atoms with van der Waals surface area (Å²) in [6.45, 7) is 0.631. The van der Waals surface area contributed by atoms with Crippen LogP contribution in [-0.4, -0.2) is 31.5 Å². The number of likely N-dealkylation sites (N-methyl/N-ethyl adjacent to an activating group) is 1. The van der Waals surface area contributed by atoms with Gasteiger partial charge in [0.05, 0.1) is 0 Å². The first-order valence-electron chi connectivity index (χ1n) is 9.15. The van der Waals surface area contributed by atoms with Crippen molar-refractivity contribution < 1.29 is 9.53 Å². The van der Waals surface area contributed by atoms with Gasteiger partial charge in [0, 0.05) is 6.54 Å². The zero-order chi connectivity index (χ0) is 19.1. The SMILES string of the molecule is CN(C)C[C@@H](OC(=O)C(c1ccccc1)c1ccccc1)c1ccccc1. The monoisotopic (exact) mass is 359 g/mol. The maximum atomic E-state index is 13.3. The Labute approximate surface area is 161 Å². The van der Waals surface area contributed by atoms with Gasteiger partial charge < -0.3 is 9.64 Å². The number of nitrogens with zero attached hydrogens (tertiary/aromatic N) is 1. The Balaban J connectivity index is 1.91. The number of ether oxygens (including phenoxy) is 1. The van der Waals surface area contributed by atoms with Gasteiger partial charge in [0.15, 0.2) is 0 Å². The minimum absolute atomic E-state index is 0.233. The molecule has 0 N–H and O–H groups in total. The summed E-state index contributed by atoms with van der Waals surface area (Å²) in [7, 11) is 3.96. The van der Waals surface area contributed by atoms with Gasteiger partial charge in [-0.25, -0.2) is 0 Å². The molecule has 27 heavy (non-hydrogen) atoms. The molecule has 3 aromatic rings. The smallest absolute Gasteiger partial charge is 0.318 e. The van der Waals surface area contributed by atoms with E-state index in [1.165, 1.54) is 0 Å². The van der Waals surface area contributed by atoms with Crippen LogP contribution < -0.4 is 0 Å². The average molecular weight is 359 g/mol. The predicted molar refractivity (Wildman–Crippen MR) is 109 cm³/mol. The van der Waals surface area contributed by atoms with Gasteiger partial charge in [-0.3, -0.25) is 4.79 Å². The molecule has 0 heterocycles. The Bertz CT molecular complexity index is 793. The summed E-state index contributed by atoms with van der Waals surface area (Å²) < 4.78 is 6.04. The second kappa shape index (κ2) is 9.15. The number of carbonyl (C=O) groups excluding carboxylic acids is 1. The van der Waals surface area contributed by atoms with Crippen molar-refractivity contribution in [3.8, 4) is 0 Å². The molecule has 0 bridgehead atoms. The summed E-state index contributed by atoms with van der Waals surface area (Å²) in [6, 6.07) is 29.5. The number of esters is 1. The third-order valence-corrected chi connectivity index (χ3v) is 4.46. The Morgan fingerprint density at radius 3 is 1.56 bits per heavy atom.